The van der Waals surface area contributed by atoms with Crippen LogP contribution in [0.1, 0.15) is 17.1 Å². The molecule has 3 aromatic heterocycles. The minimum absolute atomic E-state index is 0.0454. The maximum absolute atomic E-state index is 15.5. The topological polar surface area (TPSA) is 95.8 Å². The highest BCUT2D eigenvalue weighted by atomic mass is 19.1. The molecule has 1 aromatic carbocycles. The van der Waals surface area contributed by atoms with Crippen LogP contribution in [0.4, 0.5) is 13.6 Å². The van der Waals surface area contributed by atoms with Gasteiger partial charge in [0, 0.05) is 25.2 Å². The number of fused-ring (bicyclic) bond motifs is 2. The number of morpholine rings is 1. The van der Waals surface area contributed by atoms with Crippen molar-refractivity contribution in [2.45, 2.75) is 26.4 Å². The Morgan fingerprint density at radius 1 is 1.31 bits per heavy atom. The molecule has 1 unspecified atom stereocenters. The van der Waals surface area contributed by atoms with Gasteiger partial charge in [-0.3, -0.25) is 0 Å². The number of aryl methyl sites for hydroxylation is 2. The van der Waals surface area contributed by atoms with E-state index in [1.165, 1.54) is 11.0 Å². The highest BCUT2D eigenvalue weighted by Crippen LogP contribution is 2.34. The fourth-order valence-electron chi connectivity index (χ4n) is 4.25. The molecule has 8 nitrogen and oxygen atoms in total. The average Bonchev–Trinajstić information content (AvgIpc) is 3.28. The third-order valence-corrected chi connectivity index (χ3v) is 5.74. The van der Waals surface area contributed by atoms with Crippen molar-refractivity contribution in [3.05, 3.63) is 53.1 Å². The predicted molar refractivity (Wildman–Crippen MR) is 113 cm³/mol. The molecule has 1 amide bonds. The van der Waals surface area contributed by atoms with E-state index in [1.807, 2.05) is 19.1 Å². The summed E-state index contributed by atoms with van der Waals surface area (Å²) in [7, 11) is 0. The van der Waals surface area contributed by atoms with Crippen LogP contribution < -0.4 is 0 Å². The van der Waals surface area contributed by atoms with Gasteiger partial charge in [0.15, 0.2) is 5.82 Å². The van der Waals surface area contributed by atoms with E-state index in [1.54, 1.807) is 17.5 Å². The lowest BCUT2D eigenvalue weighted by Crippen LogP contribution is -2.45. The number of carboxylic acid groups (broad SMARTS) is 1. The molecular weight excluding hydrogens is 420 g/mol. The Balaban J connectivity index is 1.67. The van der Waals surface area contributed by atoms with E-state index in [0.29, 0.717) is 17.2 Å². The standard InChI is InChI=1S/C22H21F2N5O3/c1-11-3-4-29-16(8-13-10-28(22(30)31)5-6-32-13)21(27-17(29)7-11)18-14(23)9-15-20(19(18)24)26-12(2)25-15/h3-4,7,9,13H,5-6,8,10H2,1-2H3,(H,25,26)(H,30,31). The van der Waals surface area contributed by atoms with Gasteiger partial charge < -0.3 is 24.1 Å². The highest BCUT2D eigenvalue weighted by molar-refractivity contribution is 5.84. The quantitative estimate of drug-likeness (QED) is 0.506. The van der Waals surface area contributed by atoms with Crippen molar-refractivity contribution in [2.24, 2.45) is 0 Å². The second-order valence-electron chi connectivity index (χ2n) is 8.03. The Kier molecular flexibility index (Phi) is 4.81. The molecule has 4 heterocycles. The summed E-state index contributed by atoms with van der Waals surface area (Å²) in [6.07, 6.45) is 0.535. The van der Waals surface area contributed by atoms with E-state index in [-0.39, 0.29) is 48.4 Å². The summed E-state index contributed by atoms with van der Waals surface area (Å²) in [6.45, 7) is 4.27. The maximum Gasteiger partial charge on any atom is 0.407 e. The van der Waals surface area contributed by atoms with E-state index < -0.39 is 23.8 Å². The molecule has 0 spiro atoms. The first-order chi connectivity index (χ1) is 15.3. The molecule has 4 aromatic rings. The Bertz CT molecular complexity index is 1360. The molecule has 32 heavy (non-hydrogen) atoms. The molecular formula is C22H21F2N5O3. The molecule has 1 aliphatic rings. The number of pyridine rings is 1. The number of halogens is 2. The second-order valence-corrected chi connectivity index (χ2v) is 8.03. The van der Waals surface area contributed by atoms with E-state index >= 15 is 8.78 Å². The number of benzene rings is 1. The lowest BCUT2D eigenvalue weighted by Gasteiger charge is -2.31. The smallest absolute Gasteiger partial charge is 0.407 e. The van der Waals surface area contributed by atoms with Crippen LogP contribution in [0.15, 0.2) is 24.4 Å². The fraction of sp³-hybridized carbons (Fsp3) is 0.318. The van der Waals surface area contributed by atoms with Gasteiger partial charge >= 0.3 is 6.09 Å². The number of aromatic amines is 1. The van der Waals surface area contributed by atoms with Crippen molar-refractivity contribution in [1.29, 1.82) is 0 Å². The Morgan fingerprint density at radius 3 is 2.91 bits per heavy atom. The summed E-state index contributed by atoms with van der Waals surface area (Å²) in [5, 5.41) is 9.34. The number of nitrogens with one attached hydrogen (secondary N) is 1. The van der Waals surface area contributed by atoms with Crippen molar-refractivity contribution in [1.82, 2.24) is 24.3 Å². The number of hydrogen-bond acceptors (Lipinski definition) is 4. The van der Waals surface area contributed by atoms with E-state index in [9.17, 15) is 9.90 Å². The normalized spacial score (nSPS) is 16.9. The van der Waals surface area contributed by atoms with Gasteiger partial charge in [0.2, 0.25) is 0 Å². The molecule has 1 atom stereocenters. The molecule has 0 saturated carbocycles. The first kappa shape index (κ1) is 20.4. The Morgan fingerprint density at radius 2 is 2.12 bits per heavy atom. The minimum Gasteiger partial charge on any atom is -0.465 e. The van der Waals surface area contributed by atoms with Crippen molar-refractivity contribution in [3.8, 4) is 11.3 Å². The molecule has 1 aliphatic heterocycles. The zero-order valence-electron chi connectivity index (χ0n) is 17.5. The molecule has 1 fully saturated rings. The predicted octanol–water partition coefficient (Wildman–Crippen LogP) is 3.69. The Labute approximate surface area is 181 Å². The molecule has 0 aliphatic carbocycles. The summed E-state index contributed by atoms with van der Waals surface area (Å²) in [5.74, 6) is -1.06. The van der Waals surface area contributed by atoms with Crippen molar-refractivity contribution in [2.75, 3.05) is 19.7 Å². The molecule has 0 radical (unpaired) electrons. The molecule has 166 valence electrons. The zero-order valence-corrected chi connectivity index (χ0v) is 17.5. The van der Waals surface area contributed by atoms with Crippen LogP contribution in [0.3, 0.4) is 0 Å². The van der Waals surface area contributed by atoms with Gasteiger partial charge in [0.05, 0.1) is 41.7 Å². The third-order valence-electron chi connectivity index (χ3n) is 5.74. The minimum atomic E-state index is -1.02. The molecule has 2 N–H and O–H groups in total. The third kappa shape index (κ3) is 3.36. The number of H-pyrrole nitrogens is 1. The summed E-state index contributed by atoms with van der Waals surface area (Å²) in [5.41, 5.74) is 2.25. The van der Waals surface area contributed by atoms with Crippen LogP contribution in [0.5, 0.6) is 0 Å². The SMILES string of the molecule is Cc1ccn2c(CC3CN(C(=O)O)CCO3)c(-c3c(F)cc4[nH]c(C)nc4c3F)nc2c1. The van der Waals surface area contributed by atoms with Gasteiger partial charge in [0.25, 0.3) is 0 Å². The number of hydrogen-bond donors (Lipinski definition) is 2. The van der Waals surface area contributed by atoms with Gasteiger partial charge in [0.1, 0.15) is 22.8 Å². The molecule has 1 saturated heterocycles. The van der Waals surface area contributed by atoms with Crippen molar-refractivity contribution in [3.63, 3.8) is 0 Å². The van der Waals surface area contributed by atoms with E-state index in [0.717, 1.165) is 5.56 Å². The average molecular weight is 441 g/mol. The summed E-state index contributed by atoms with van der Waals surface area (Å²) in [4.78, 5) is 24.2. The number of imidazole rings is 2. The van der Waals surface area contributed by atoms with Crippen LogP contribution in [0.25, 0.3) is 27.9 Å². The summed E-state index contributed by atoms with van der Waals surface area (Å²) >= 11 is 0. The van der Waals surface area contributed by atoms with Crippen LogP contribution in [0.2, 0.25) is 0 Å². The van der Waals surface area contributed by atoms with Gasteiger partial charge in [-0.25, -0.2) is 23.5 Å². The number of amides is 1. The highest BCUT2D eigenvalue weighted by Gasteiger charge is 2.29. The maximum atomic E-state index is 15.5. The lowest BCUT2D eigenvalue weighted by molar-refractivity contribution is -0.0214. The van der Waals surface area contributed by atoms with E-state index in [2.05, 4.69) is 15.0 Å². The summed E-state index contributed by atoms with van der Waals surface area (Å²) < 4.78 is 38.2. The van der Waals surface area contributed by atoms with Crippen LogP contribution in [-0.4, -0.2) is 61.3 Å². The van der Waals surface area contributed by atoms with Crippen LogP contribution >= 0.6 is 0 Å². The number of aromatic nitrogens is 4. The fourth-order valence-corrected chi connectivity index (χ4v) is 4.25. The van der Waals surface area contributed by atoms with Crippen LogP contribution in [0, 0.1) is 25.5 Å². The number of rotatable bonds is 3. The van der Waals surface area contributed by atoms with Gasteiger partial charge in [-0.15, -0.1) is 0 Å². The number of ether oxygens (including phenoxy) is 1. The van der Waals surface area contributed by atoms with E-state index in [4.69, 9.17) is 4.74 Å². The first-order valence-electron chi connectivity index (χ1n) is 10.2. The summed E-state index contributed by atoms with van der Waals surface area (Å²) in [6, 6.07) is 4.92. The van der Waals surface area contributed by atoms with Gasteiger partial charge in [-0.05, 0) is 31.5 Å². The zero-order chi connectivity index (χ0) is 22.6. The number of nitrogens with zero attached hydrogens (tertiary/aromatic N) is 4. The first-order valence-corrected chi connectivity index (χ1v) is 10.2. The Hall–Kier alpha value is -3.53. The monoisotopic (exact) mass is 441 g/mol. The van der Waals surface area contributed by atoms with Crippen molar-refractivity contribution >= 4 is 22.8 Å². The van der Waals surface area contributed by atoms with Gasteiger partial charge in [-0.2, -0.15) is 0 Å². The van der Waals surface area contributed by atoms with Gasteiger partial charge in [-0.1, -0.05) is 0 Å². The lowest BCUT2D eigenvalue weighted by atomic mass is 10.0. The molecule has 10 heteroatoms. The molecule has 0 bridgehead atoms. The second kappa shape index (κ2) is 7.56. The van der Waals surface area contributed by atoms with Crippen LogP contribution in [-0.2, 0) is 11.2 Å². The largest absolute Gasteiger partial charge is 0.465 e. The number of carbonyl (C=O) groups is 1. The van der Waals surface area contributed by atoms with Crippen molar-refractivity contribution < 1.29 is 23.4 Å². The molecule has 5 rings (SSSR count).